The second-order valence-electron chi connectivity index (χ2n) is 6.29. The van der Waals surface area contributed by atoms with E-state index in [1.807, 2.05) is 17.9 Å². The maximum atomic E-state index is 6.42. The first-order valence-electron chi connectivity index (χ1n) is 7.52. The Balaban J connectivity index is 2.24. The van der Waals surface area contributed by atoms with Gasteiger partial charge in [0, 0.05) is 37.4 Å². The largest absolute Gasteiger partial charge is 0.326 e. The Labute approximate surface area is 117 Å². The van der Waals surface area contributed by atoms with Crippen LogP contribution in [-0.2, 0) is 7.05 Å². The van der Waals surface area contributed by atoms with Gasteiger partial charge in [-0.25, -0.2) is 0 Å². The molecule has 1 fully saturated rings. The summed E-state index contributed by atoms with van der Waals surface area (Å²) in [5.74, 6) is 0.670. The topological polar surface area (TPSA) is 47.1 Å². The molecule has 4 nitrogen and oxygen atoms in total. The van der Waals surface area contributed by atoms with Gasteiger partial charge in [0.05, 0.1) is 12.2 Å². The molecule has 4 heteroatoms. The second-order valence-corrected chi connectivity index (χ2v) is 6.29. The third-order valence-corrected chi connectivity index (χ3v) is 3.89. The Hall–Kier alpha value is -0.870. The summed E-state index contributed by atoms with van der Waals surface area (Å²) in [5, 5.41) is 4.33. The summed E-state index contributed by atoms with van der Waals surface area (Å²) in [7, 11) is 1.97. The minimum Gasteiger partial charge on any atom is -0.326 e. The lowest BCUT2D eigenvalue weighted by Crippen LogP contribution is -2.43. The predicted octanol–water partition coefficient (Wildman–Crippen LogP) is 2.32. The maximum Gasteiger partial charge on any atom is 0.0538 e. The van der Waals surface area contributed by atoms with Gasteiger partial charge in [0.25, 0.3) is 0 Å². The van der Waals surface area contributed by atoms with Gasteiger partial charge in [-0.2, -0.15) is 5.10 Å². The number of rotatable bonds is 7. The van der Waals surface area contributed by atoms with Crippen LogP contribution in [0.1, 0.15) is 51.6 Å². The van der Waals surface area contributed by atoms with E-state index in [1.165, 1.54) is 18.4 Å². The SMILES string of the molecule is CCC(N)C(c1cnn(C)c1)N(CC(C)C)C1CC1. The lowest BCUT2D eigenvalue weighted by atomic mass is 9.97. The summed E-state index contributed by atoms with van der Waals surface area (Å²) in [6, 6.07) is 1.22. The Bertz CT molecular complexity index is 395. The van der Waals surface area contributed by atoms with Crippen LogP contribution in [0.2, 0.25) is 0 Å². The monoisotopic (exact) mass is 264 g/mol. The van der Waals surface area contributed by atoms with Crippen LogP contribution < -0.4 is 5.73 Å². The molecule has 0 saturated heterocycles. The van der Waals surface area contributed by atoms with Gasteiger partial charge in [0.2, 0.25) is 0 Å². The number of nitrogens with two attached hydrogens (primary N) is 1. The molecule has 0 bridgehead atoms. The van der Waals surface area contributed by atoms with Crippen molar-refractivity contribution in [1.82, 2.24) is 14.7 Å². The molecule has 0 radical (unpaired) electrons. The van der Waals surface area contributed by atoms with Crippen molar-refractivity contribution in [3.05, 3.63) is 18.0 Å². The van der Waals surface area contributed by atoms with E-state index in [-0.39, 0.29) is 6.04 Å². The molecule has 2 N–H and O–H groups in total. The van der Waals surface area contributed by atoms with Gasteiger partial charge in [-0.05, 0) is 25.2 Å². The van der Waals surface area contributed by atoms with E-state index < -0.39 is 0 Å². The van der Waals surface area contributed by atoms with E-state index in [0.717, 1.165) is 19.0 Å². The molecule has 0 aliphatic heterocycles. The van der Waals surface area contributed by atoms with Gasteiger partial charge in [0.15, 0.2) is 0 Å². The van der Waals surface area contributed by atoms with E-state index in [1.54, 1.807) is 0 Å². The minimum absolute atomic E-state index is 0.184. The molecule has 0 amide bonds. The smallest absolute Gasteiger partial charge is 0.0538 e. The second kappa shape index (κ2) is 6.06. The highest BCUT2D eigenvalue weighted by molar-refractivity contribution is 5.15. The number of aromatic nitrogens is 2. The molecule has 19 heavy (non-hydrogen) atoms. The van der Waals surface area contributed by atoms with Crippen molar-refractivity contribution >= 4 is 0 Å². The van der Waals surface area contributed by atoms with E-state index in [0.29, 0.717) is 12.0 Å². The van der Waals surface area contributed by atoms with Crippen molar-refractivity contribution in [3.63, 3.8) is 0 Å². The van der Waals surface area contributed by atoms with Gasteiger partial charge in [-0.1, -0.05) is 20.8 Å². The van der Waals surface area contributed by atoms with Crippen molar-refractivity contribution in [2.24, 2.45) is 18.7 Å². The zero-order chi connectivity index (χ0) is 14.0. The van der Waals surface area contributed by atoms with E-state index in [4.69, 9.17) is 5.73 Å². The fraction of sp³-hybridized carbons (Fsp3) is 0.800. The first kappa shape index (κ1) is 14.5. The minimum atomic E-state index is 0.184. The van der Waals surface area contributed by atoms with Gasteiger partial charge < -0.3 is 5.73 Å². The number of aryl methyl sites for hydroxylation is 1. The summed E-state index contributed by atoms with van der Waals surface area (Å²) in [5.41, 5.74) is 7.69. The molecule has 0 spiro atoms. The maximum absolute atomic E-state index is 6.42. The number of hydrogen-bond acceptors (Lipinski definition) is 3. The van der Waals surface area contributed by atoms with Gasteiger partial charge in [-0.3, -0.25) is 9.58 Å². The van der Waals surface area contributed by atoms with Gasteiger partial charge in [0.1, 0.15) is 0 Å². The quantitative estimate of drug-likeness (QED) is 0.822. The summed E-state index contributed by atoms with van der Waals surface area (Å²) in [6.45, 7) is 7.87. The van der Waals surface area contributed by atoms with Crippen molar-refractivity contribution in [2.45, 2.75) is 58.2 Å². The van der Waals surface area contributed by atoms with Crippen molar-refractivity contribution in [1.29, 1.82) is 0 Å². The van der Waals surface area contributed by atoms with Crippen LogP contribution in [0, 0.1) is 5.92 Å². The van der Waals surface area contributed by atoms with E-state index in [2.05, 4.69) is 37.0 Å². The van der Waals surface area contributed by atoms with Gasteiger partial charge in [-0.15, -0.1) is 0 Å². The summed E-state index contributed by atoms with van der Waals surface area (Å²) in [4.78, 5) is 2.62. The van der Waals surface area contributed by atoms with Crippen molar-refractivity contribution in [3.8, 4) is 0 Å². The van der Waals surface area contributed by atoms with Crippen LogP contribution in [0.5, 0.6) is 0 Å². The third kappa shape index (κ3) is 3.57. The van der Waals surface area contributed by atoms with Crippen LogP contribution in [-0.4, -0.2) is 33.3 Å². The molecule has 2 atom stereocenters. The fourth-order valence-electron chi connectivity index (χ4n) is 2.82. The molecular weight excluding hydrogens is 236 g/mol. The third-order valence-electron chi connectivity index (χ3n) is 3.89. The molecule has 1 saturated carbocycles. The van der Waals surface area contributed by atoms with Crippen LogP contribution in [0.15, 0.2) is 12.4 Å². The Morgan fingerprint density at radius 1 is 1.47 bits per heavy atom. The zero-order valence-electron chi connectivity index (χ0n) is 12.7. The molecular formula is C15H28N4. The number of nitrogens with zero attached hydrogens (tertiary/aromatic N) is 3. The molecule has 1 heterocycles. The lowest BCUT2D eigenvalue weighted by molar-refractivity contribution is 0.141. The molecule has 2 unspecified atom stereocenters. The molecule has 2 rings (SSSR count). The van der Waals surface area contributed by atoms with Crippen LogP contribution >= 0.6 is 0 Å². The molecule has 1 aromatic rings. The number of hydrogen-bond donors (Lipinski definition) is 1. The Kier molecular flexibility index (Phi) is 4.63. The summed E-state index contributed by atoms with van der Waals surface area (Å²) < 4.78 is 1.88. The average molecular weight is 264 g/mol. The zero-order valence-corrected chi connectivity index (χ0v) is 12.7. The molecule has 0 aromatic carbocycles. The first-order valence-corrected chi connectivity index (χ1v) is 7.52. The standard InChI is InChI=1S/C15H28N4/c1-5-14(16)15(12-8-17-18(4)10-12)19(9-11(2)3)13-6-7-13/h8,10-11,13-15H,5-7,9,16H2,1-4H3. The Morgan fingerprint density at radius 3 is 2.58 bits per heavy atom. The summed E-state index contributed by atoms with van der Waals surface area (Å²) >= 11 is 0. The molecule has 108 valence electrons. The summed E-state index contributed by atoms with van der Waals surface area (Å²) in [6.07, 6.45) is 7.74. The van der Waals surface area contributed by atoms with Crippen LogP contribution in [0.4, 0.5) is 0 Å². The van der Waals surface area contributed by atoms with Crippen molar-refractivity contribution in [2.75, 3.05) is 6.54 Å². The first-order chi connectivity index (χ1) is 9.02. The highest BCUT2D eigenvalue weighted by atomic mass is 15.3. The van der Waals surface area contributed by atoms with Crippen molar-refractivity contribution < 1.29 is 0 Å². The van der Waals surface area contributed by atoms with Gasteiger partial charge >= 0.3 is 0 Å². The highest BCUT2D eigenvalue weighted by Gasteiger charge is 2.37. The molecule has 1 aliphatic carbocycles. The van der Waals surface area contributed by atoms with E-state index >= 15 is 0 Å². The predicted molar refractivity (Wildman–Crippen MR) is 78.8 cm³/mol. The fourth-order valence-corrected chi connectivity index (χ4v) is 2.82. The molecule has 1 aromatic heterocycles. The normalized spacial score (nSPS) is 19.1. The van der Waals surface area contributed by atoms with Crippen LogP contribution in [0.25, 0.3) is 0 Å². The highest BCUT2D eigenvalue weighted by Crippen LogP contribution is 2.36. The van der Waals surface area contributed by atoms with E-state index in [9.17, 15) is 0 Å². The lowest BCUT2D eigenvalue weighted by Gasteiger charge is -2.36. The average Bonchev–Trinajstić information content (AvgIpc) is 3.11. The van der Waals surface area contributed by atoms with Crippen LogP contribution in [0.3, 0.4) is 0 Å². The Morgan fingerprint density at radius 2 is 2.16 bits per heavy atom. The molecule has 1 aliphatic rings.